The monoisotopic (exact) mass is 319 g/mol. The summed E-state index contributed by atoms with van der Waals surface area (Å²) in [5.41, 5.74) is 3.70. The molecule has 0 aliphatic carbocycles. The quantitative estimate of drug-likeness (QED) is 0.705. The second-order valence-corrected chi connectivity index (χ2v) is 6.73. The zero-order valence-corrected chi connectivity index (χ0v) is 14.2. The molecule has 3 nitrogen and oxygen atoms in total. The Morgan fingerprint density at radius 2 is 1.54 bits per heavy atom. The molecule has 0 saturated carbocycles. The molecule has 1 fully saturated rings. The lowest BCUT2D eigenvalue weighted by molar-refractivity contribution is 0.221. The van der Waals surface area contributed by atoms with Gasteiger partial charge in [-0.15, -0.1) is 0 Å². The SMILES string of the molecule is c1ccc(Cc2nc3ccccc3n2CCN2CCCCC2)cc1. The van der Waals surface area contributed by atoms with Gasteiger partial charge in [-0.05, 0) is 43.6 Å². The molecular weight excluding hydrogens is 294 g/mol. The molecule has 0 atom stereocenters. The first-order valence-corrected chi connectivity index (χ1v) is 9.10. The summed E-state index contributed by atoms with van der Waals surface area (Å²) in [5.74, 6) is 1.18. The lowest BCUT2D eigenvalue weighted by Crippen LogP contribution is -2.32. The highest BCUT2D eigenvalue weighted by molar-refractivity contribution is 5.76. The molecule has 24 heavy (non-hydrogen) atoms. The van der Waals surface area contributed by atoms with Crippen LogP contribution in [0.25, 0.3) is 11.0 Å². The zero-order chi connectivity index (χ0) is 16.2. The van der Waals surface area contributed by atoms with Crippen molar-refractivity contribution in [1.82, 2.24) is 14.5 Å². The Bertz CT molecular complexity index is 785. The molecule has 1 aliphatic rings. The largest absolute Gasteiger partial charge is 0.326 e. The smallest absolute Gasteiger partial charge is 0.114 e. The van der Waals surface area contributed by atoms with Crippen LogP contribution in [0.3, 0.4) is 0 Å². The van der Waals surface area contributed by atoms with Crippen LogP contribution in [0.1, 0.15) is 30.7 Å². The second-order valence-electron chi connectivity index (χ2n) is 6.73. The highest BCUT2D eigenvalue weighted by atomic mass is 15.2. The van der Waals surface area contributed by atoms with E-state index in [2.05, 4.69) is 64.1 Å². The minimum absolute atomic E-state index is 0.898. The van der Waals surface area contributed by atoms with E-state index in [0.717, 1.165) is 25.0 Å². The van der Waals surface area contributed by atoms with Gasteiger partial charge in [0.2, 0.25) is 0 Å². The molecule has 1 aliphatic heterocycles. The van der Waals surface area contributed by atoms with Gasteiger partial charge in [0.05, 0.1) is 11.0 Å². The highest BCUT2D eigenvalue weighted by Crippen LogP contribution is 2.19. The molecule has 3 aromatic rings. The van der Waals surface area contributed by atoms with Gasteiger partial charge in [0, 0.05) is 19.5 Å². The molecule has 4 rings (SSSR count). The molecule has 0 bridgehead atoms. The molecule has 0 spiro atoms. The van der Waals surface area contributed by atoms with E-state index in [1.165, 1.54) is 49.3 Å². The van der Waals surface area contributed by atoms with E-state index in [9.17, 15) is 0 Å². The average Bonchev–Trinajstić information content (AvgIpc) is 2.99. The van der Waals surface area contributed by atoms with Crippen LogP contribution >= 0.6 is 0 Å². The average molecular weight is 319 g/mol. The van der Waals surface area contributed by atoms with Crippen LogP contribution in [0, 0.1) is 0 Å². The van der Waals surface area contributed by atoms with E-state index >= 15 is 0 Å². The van der Waals surface area contributed by atoms with Crippen molar-refractivity contribution in [2.75, 3.05) is 19.6 Å². The number of imidazole rings is 1. The Morgan fingerprint density at radius 3 is 2.38 bits per heavy atom. The van der Waals surface area contributed by atoms with Crippen molar-refractivity contribution in [3.63, 3.8) is 0 Å². The van der Waals surface area contributed by atoms with Crippen molar-refractivity contribution in [2.45, 2.75) is 32.2 Å². The predicted octanol–water partition coefficient (Wildman–Crippen LogP) is 4.11. The number of fused-ring (bicyclic) bond motifs is 1. The first-order chi connectivity index (χ1) is 11.9. The number of piperidine rings is 1. The fourth-order valence-electron chi connectivity index (χ4n) is 3.71. The van der Waals surface area contributed by atoms with Gasteiger partial charge in [0.1, 0.15) is 5.82 Å². The Labute approximate surface area is 143 Å². The first-order valence-electron chi connectivity index (χ1n) is 9.10. The molecule has 0 radical (unpaired) electrons. The number of likely N-dealkylation sites (tertiary alicyclic amines) is 1. The summed E-state index contributed by atoms with van der Waals surface area (Å²) in [7, 11) is 0. The van der Waals surface area contributed by atoms with Crippen LogP contribution < -0.4 is 0 Å². The van der Waals surface area contributed by atoms with Crippen molar-refractivity contribution >= 4 is 11.0 Å². The van der Waals surface area contributed by atoms with E-state index < -0.39 is 0 Å². The molecule has 2 heterocycles. The third-order valence-corrected chi connectivity index (χ3v) is 5.03. The number of benzene rings is 2. The Kier molecular flexibility index (Phi) is 4.61. The van der Waals surface area contributed by atoms with Crippen molar-refractivity contribution in [1.29, 1.82) is 0 Å². The Hall–Kier alpha value is -2.13. The molecule has 124 valence electrons. The Morgan fingerprint density at radius 1 is 0.792 bits per heavy atom. The van der Waals surface area contributed by atoms with Crippen LogP contribution in [0.2, 0.25) is 0 Å². The van der Waals surface area contributed by atoms with Crippen molar-refractivity contribution in [3.05, 3.63) is 66.0 Å². The van der Waals surface area contributed by atoms with Crippen LogP contribution in [0.15, 0.2) is 54.6 Å². The number of rotatable bonds is 5. The minimum Gasteiger partial charge on any atom is -0.326 e. The van der Waals surface area contributed by atoms with Crippen molar-refractivity contribution in [3.8, 4) is 0 Å². The van der Waals surface area contributed by atoms with Crippen LogP contribution in [-0.4, -0.2) is 34.1 Å². The second kappa shape index (κ2) is 7.18. The van der Waals surface area contributed by atoms with Crippen LogP contribution in [-0.2, 0) is 13.0 Å². The molecule has 0 N–H and O–H groups in total. The Balaban J connectivity index is 1.60. The number of aromatic nitrogens is 2. The van der Waals surface area contributed by atoms with Crippen LogP contribution in [0.5, 0.6) is 0 Å². The van der Waals surface area contributed by atoms with E-state index in [0.29, 0.717) is 0 Å². The summed E-state index contributed by atoms with van der Waals surface area (Å²) >= 11 is 0. The number of hydrogen-bond donors (Lipinski definition) is 0. The van der Waals surface area contributed by atoms with Gasteiger partial charge in [-0.2, -0.15) is 0 Å². The van der Waals surface area contributed by atoms with Crippen molar-refractivity contribution in [2.24, 2.45) is 0 Å². The number of para-hydroxylation sites is 2. The fourth-order valence-corrected chi connectivity index (χ4v) is 3.71. The summed E-state index contributed by atoms with van der Waals surface area (Å²) in [4.78, 5) is 7.52. The van der Waals surface area contributed by atoms with Gasteiger partial charge < -0.3 is 9.47 Å². The molecule has 3 heteroatoms. The minimum atomic E-state index is 0.898. The molecule has 0 amide bonds. The maximum atomic E-state index is 4.92. The molecule has 2 aromatic carbocycles. The maximum Gasteiger partial charge on any atom is 0.114 e. The number of hydrogen-bond acceptors (Lipinski definition) is 2. The van der Waals surface area contributed by atoms with Crippen molar-refractivity contribution < 1.29 is 0 Å². The summed E-state index contributed by atoms with van der Waals surface area (Å²) < 4.78 is 2.43. The molecule has 0 unspecified atom stereocenters. The topological polar surface area (TPSA) is 21.1 Å². The molecule has 1 saturated heterocycles. The van der Waals surface area contributed by atoms with Gasteiger partial charge in [-0.3, -0.25) is 0 Å². The molecule has 1 aromatic heterocycles. The van der Waals surface area contributed by atoms with E-state index in [-0.39, 0.29) is 0 Å². The van der Waals surface area contributed by atoms with E-state index in [1.54, 1.807) is 0 Å². The van der Waals surface area contributed by atoms with Gasteiger partial charge in [-0.25, -0.2) is 4.98 Å². The summed E-state index contributed by atoms with van der Waals surface area (Å²) in [6.45, 7) is 4.66. The first kappa shape index (κ1) is 15.4. The third-order valence-electron chi connectivity index (χ3n) is 5.03. The number of nitrogens with zero attached hydrogens (tertiary/aromatic N) is 3. The highest BCUT2D eigenvalue weighted by Gasteiger charge is 2.14. The van der Waals surface area contributed by atoms with Gasteiger partial charge in [0.25, 0.3) is 0 Å². The van der Waals surface area contributed by atoms with Crippen LogP contribution in [0.4, 0.5) is 0 Å². The third kappa shape index (κ3) is 3.36. The maximum absolute atomic E-state index is 4.92. The van der Waals surface area contributed by atoms with Gasteiger partial charge >= 0.3 is 0 Å². The zero-order valence-electron chi connectivity index (χ0n) is 14.2. The van der Waals surface area contributed by atoms with E-state index in [4.69, 9.17) is 4.98 Å². The lowest BCUT2D eigenvalue weighted by atomic mass is 10.1. The normalized spacial score (nSPS) is 15.8. The predicted molar refractivity (Wildman–Crippen MR) is 99.3 cm³/mol. The lowest BCUT2D eigenvalue weighted by Gasteiger charge is -2.26. The van der Waals surface area contributed by atoms with Gasteiger partial charge in [0.15, 0.2) is 0 Å². The summed E-state index contributed by atoms with van der Waals surface area (Å²) in [6, 6.07) is 19.2. The molecular formula is C21H25N3. The summed E-state index contributed by atoms with van der Waals surface area (Å²) in [6.07, 6.45) is 4.99. The van der Waals surface area contributed by atoms with Gasteiger partial charge in [-0.1, -0.05) is 48.9 Å². The fraction of sp³-hybridized carbons (Fsp3) is 0.381. The van der Waals surface area contributed by atoms with E-state index in [1.807, 2.05) is 0 Å². The standard InChI is InChI=1S/C21H25N3/c1-3-9-18(10-4-1)17-21-22-19-11-5-6-12-20(19)24(21)16-15-23-13-7-2-8-14-23/h1,3-6,9-12H,2,7-8,13-17H2. The summed E-state index contributed by atoms with van der Waals surface area (Å²) in [5, 5.41) is 0.